The predicted octanol–water partition coefficient (Wildman–Crippen LogP) is -0.0623. The smallest absolute Gasteiger partial charge is 0.316 e. The Balaban J connectivity index is 1.54. The Labute approximate surface area is 150 Å². The number of halogens is 1. The molecule has 1 aromatic heterocycles. The first-order valence-electron chi connectivity index (χ1n) is 8.30. The van der Waals surface area contributed by atoms with E-state index in [-0.39, 0.29) is 56.1 Å². The van der Waals surface area contributed by atoms with E-state index in [9.17, 15) is 22.4 Å². The van der Waals surface area contributed by atoms with Gasteiger partial charge in [0.1, 0.15) is 6.10 Å². The third kappa shape index (κ3) is 4.33. The number of imide groups is 1. The fourth-order valence-electron chi connectivity index (χ4n) is 2.94. The average molecular weight is 386 g/mol. The van der Waals surface area contributed by atoms with Gasteiger partial charge in [0.05, 0.1) is 24.7 Å². The van der Waals surface area contributed by atoms with Gasteiger partial charge in [0, 0.05) is 25.9 Å². The Kier molecular flexibility index (Phi) is 5.47. The van der Waals surface area contributed by atoms with Gasteiger partial charge >= 0.3 is 6.01 Å². The van der Waals surface area contributed by atoms with E-state index in [0.717, 1.165) is 17.3 Å². The fraction of sp³-hybridized carbons (Fsp3) is 0.600. The number of hydrogen-bond donors (Lipinski definition) is 0. The summed E-state index contributed by atoms with van der Waals surface area (Å²) in [5.41, 5.74) is 0. The van der Waals surface area contributed by atoms with Crippen molar-refractivity contribution in [3.63, 3.8) is 0 Å². The molecule has 0 aliphatic carbocycles. The largest absolute Gasteiger partial charge is 0.459 e. The number of aromatic nitrogens is 2. The van der Waals surface area contributed by atoms with Gasteiger partial charge in [-0.05, 0) is 12.8 Å². The fourth-order valence-corrected chi connectivity index (χ4v) is 4.39. The lowest BCUT2D eigenvalue weighted by molar-refractivity contribution is -0.147. The topological polar surface area (TPSA) is 110 Å². The second-order valence-electron chi connectivity index (χ2n) is 6.18. The molecule has 2 amide bonds. The molecule has 3 rings (SSSR count). The molecule has 11 heteroatoms. The summed E-state index contributed by atoms with van der Waals surface area (Å²) in [6.45, 7) is 0.240. The second-order valence-corrected chi connectivity index (χ2v) is 8.27. The number of carbonyl (C=O) groups excluding carboxylic acids is 2. The molecular weight excluding hydrogens is 367 g/mol. The number of amides is 2. The van der Waals surface area contributed by atoms with Gasteiger partial charge in [-0.1, -0.05) is 0 Å². The number of likely N-dealkylation sites (tertiary alicyclic amines) is 1. The Hall–Kier alpha value is -2.14. The predicted molar refractivity (Wildman–Crippen MR) is 87.0 cm³/mol. The van der Waals surface area contributed by atoms with Gasteiger partial charge in [-0.2, -0.15) is 4.31 Å². The van der Waals surface area contributed by atoms with Crippen LogP contribution in [-0.4, -0.2) is 70.9 Å². The molecule has 0 bridgehead atoms. The van der Waals surface area contributed by atoms with E-state index >= 15 is 0 Å². The second kappa shape index (κ2) is 7.62. The zero-order valence-corrected chi connectivity index (χ0v) is 14.8. The van der Waals surface area contributed by atoms with Crippen LogP contribution in [0.3, 0.4) is 0 Å². The van der Waals surface area contributed by atoms with Crippen LogP contribution >= 0.6 is 0 Å². The third-order valence-electron chi connectivity index (χ3n) is 4.33. The van der Waals surface area contributed by atoms with Crippen molar-refractivity contribution in [1.29, 1.82) is 0 Å². The summed E-state index contributed by atoms with van der Waals surface area (Å²) >= 11 is 0. The molecule has 1 atom stereocenters. The Morgan fingerprint density at radius 1 is 1.19 bits per heavy atom. The summed E-state index contributed by atoms with van der Waals surface area (Å²) in [6.07, 6.45) is 3.00. The van der Waals surface area contributed by atoms with Gasteiger partial charge in [-0.25, -0.2) is 22.8 Å². The molecule has 2 aliphatic heterocycles. The zero-order valence-electron chi connectivity index (χ0n) is 14.0. The van der Waals surface area contributed by atoms with E-state index in [1.807, 2.05) is 0 Å². The number of ether oxygens (including phenoxy) is 1. The number of piperidine rings is 1. The van der Waals surface area contributed by atoms with Gasteiger partial charge in [-0.3, -0.25) is 14.5 Å². The number of rotatable bonds is 6. The van der Waals surface area contributed by atoms with Gasteiger partial charge < -0.3 is 4.74 Å². The summed E-state index contributed by atoms with van der Waals surface area (Å²) < 4.78 is 44.5. The molecule has 3 heterocycles. The van der Waals surface area contributed by atoms with Gasteiger partial charge in [0.2, 0.25) is 21.8 Å². The lowest BCUT2D eigenvalue weighted by atomic mass is 10.1. The van der Waals surface area contributed by atoms with Crippen molar-refractivity contribution in [1.82, 2.24) is 19.2 Å². The molecule has 1 unspecified atom stereocenters. The molecule has 26 heavy (non-hydrogen) atoms. The average Bonchev–Trinajstić information content (AvgIpc) is 3.06. The molecule has 2 fully saturated rings. The van der Waals surface area contributed by atoms with Gasteiger partial charge in [0.25, 0.3) is 0 Å². The van der Waals surface area contributed by atoms with E-state index in [0.29, 0.717) is 12.8 Å². The first-order chi connectivity index (χ1) is 12.3. The number of carbonyl (C=O) groups is 2. The third-order valence-corrected chi connectivity index (χ3v) is 6.14. The maximum absolute atomic E-state index is 12.8. The first kappa shape index (κ1) is 18.6. The van der Waals surface area contributed by atoms with Gasteiger partial charge in [0.15, 0.2) is 5.82 Å². The van der Waals surface area contributed by atoms with E-state index in [1.54, 1.807) is 0 Å². The van der Waals surface area contributed by atoms with Crippen LogP contribution in [0.5, 0.6) is 6.01 Å². The lowest BCUT2D eigenvalue weighted by Crippen LogP contribution is -2.44. The minimum Gasteiger partial charge on any atom is -0.459 e. The molecule has 9 nitrogen and oxygen atoms in total. The number of hydrogen-bond acceptors (Lipinski definition) is 7. The zero-order chi connectivity index (χ0) is 18.7. The quantitative estimate of drug-likeness (QED) is 0.630. The van der Waals surface area contributed by atoms with Crippen LogP contribution in [0, 0.1) is 5.82 Å². The molecule has 0 saturated carbocycles. The van der Waals surface area contributed by atoms with E-state index in [2.05, 4.69) is 9.97 Å². The summed E-state index contributed by atoms with van der Waals surface area (Å²) in [5, 5.41) is 0. The molecule has 142 valence electrons. The summed E-state index contributed by atoms with van der Waals surface area (Å²) in [7, 11) is -3.63. The maximum Gasteiger partial charge on any atom is 0.316 e. The Morgan fingerprint density at radius 2 is 1.85 bits per heavy atom. The van der Waals surface area contributed by atoms with Crippen molar-refractivity contribution < 1.29 is 27.1 Å². The minimum atomic E-state index is -3.63. The molecule has 0 radical (unpaired) electrons. The van der Waals surface area contributed by atoms with E-state index < -0.39 is 21.9 Å². The number of nitrogens with zero attached hydrogens (tertiary/aromatic N) is 4. The molecule has 0 N–H and O–H groups in total. The van der Waals surface area contributed by atoms with E-state index in [1.165, 1.54) is 4.31 Å². The van der Waals surface area contributed by atoms with Crippen molar-refractivity contribution in [3.05, 3.63) is 18.2 Å². The molecule has 0 aromatic carbocycles. The molecule has 2 aliphatic rings. The molecular formula is C15H19FN4O5S. The summed E-state index contributed by atoms with van der Waals surface area (Å²) in [5.74, 6) is -1.56. The standard InChI is InChI=1S/C15H19FN4O5S/c16-11-8-17-15(18-9-11)25-12-4-5-19(10-12)26(23,24)7-6-20-13(21)2-1-3-14(20)22/h8-9,12H,1-7,10H2. The first-order valence-corrected chi connectivity index (χ1v) is 9.91. The van der Waals surface area contributed by atoms with Crippen molar-refractivity contribution >= 4 is 21.8 Å². The van der Waals surface area contributed by atoms with Crippen LogP contribution in [0.1, 0.15) is 25.7 Å². The summed E-state index contributed by atoms with van der Waals surface area (Å²) in [6, 6.07) is -0.0137. The molecule has 2 saturated heterocycles. The highest BCUT2D eigenvalue weighted by Gasteiger charge is 2.34. The van der Waals surface area contributed by atoms with Crippen LogP contribution in [0.25, 0.3) is 0 Å². The summed E-state index contributed by atoms with van der Waals surface area (Å²) in [4.78, 5) is 31.9. The highest BCUT2D eigenvalue weighted by Crippen LogP contribution is 2.19. The SMILES string of the molecule is O=C1CCCC(=O)N1CCS(=O)(=O)N1CCC(Oc2ncc(F)cn2)C1. The Morgan fingerprint density at radius 3 is 2.50 bits per heavy atom. The van der Waals surface area contributed by atoms with Crippen LogP contribution in [0.2, 0.25) is 0 Å². The van der Waals surface area contributed by atoms with Crippen molar-refractivity contribution in [2.75, 3.05) is 25.4 Å². The number of sulfonamides is 1. The van der Waals surface area contributed by atoms with E-state index in [4.69, 9.17) is 4.74 Å². The Bertz CT molecular complexity index is 770. The van der Waals surface area contributed by atoms with Crippen LogP contribution in [0.15, 0.2) is 12.4 Å². The molecule has 0 spiro atoms. The van der Waals surface area contributed by atoms with Crippen LogP contribution < -0.4 is 4.74 Å². The van der Waals surface area contributed by atoms with Crippen molar-refractivity contribution in [2.45, 2.75) is 31.8 Å². The normalized spacial score (nSPS) is 22.0. The van der Waals surface area contributed by atoms with Crippen molar-refractivity contribution in [3.8, 4) is 6.01 Å². The minimum absolute atomic E-state index is 0.0137. The molecule has 1 aromatic rings. The van der Waals surface area contributed by atoms with Crippen LogP contribution in [-0.2, 0) is 19.6 Å². The van der Waals surface area contributed by atoms with Crippen LogP contribution in [0.4, 0.5) is 4.39 Å². The van der Waals surface area contributed by atoms with Crippen molar-refractivity contribution in [2.24, 2.45) is 0 Å². The highest BCUT2D eigenvalue weighted by atomic mass is 32.2. The highest BCUT2D eigenvalue weighted by molar-refractivity contribution is 7.89. The maximum atomic E-state index is 12.8. The monoisotopic (exact) mass is 386 g/mol. The van der Waals surface area contributed by atoms with Gasteiger partial charge in [-0.15, -0.1) is 0 Å². The lowest BCUT2D eigenvalue weighted by Gasteiger charge is -2.25.